The lowest BCUT2D eigenvalue weighted by Gasteiger charge is -2.36. The minimum Gasteiger partial charge on any atom is -0.480 e. The molecule has 2 amide bonds. The summed E-state index contributed by atoms with van der Waals surface area (Å²) in [5, 5.41) is 9.92. The molecule has 2 saturated heterocycles. The minimum atomic E-state index is -1.02. The molecule has 28 heavy (non-hydrogen) atoms. The number of amides is 2. The summed E-state index contributed by atoms with van der Waals surface area (Å²) in [7, 11) is 0. The Bertz CT molecular complexity index is 873. The number of carboxylic acid groups (broad SMARTS) is 1. The van der Waals surface area contributed by atoms with Crippen molar-refractivity contribution >= 4 is 63.8 Å². The van der Waals surface area contributed by atoms with Gasteiger partial charge >= 0.3 is 5.97 Å². The Morgan fingerprint density at radius 2 is 2.07 bits per heavy atom. The maximum Gasteiger partial charge on any atom is 0.326 e. The van der Waals surface area contributed by atoms with Gasteiger partial charge in [0, 0.05) is 11.6 Å². The number of aliphatic carboxylic acids is 1. The van der Waals surface area contributed by atoms with Gasteiger partial charge in [0.2, 0.25) is 5.91 Å². The van der Waals surface area contributed by atoms with Crippen LogP contribution in [0.4, 0.5) is 0 Å². The van der Waals surface area contributed by atoms with Gasteiger partial charge in [-0.15, -0.1) is 0 Å². The quantitative estimate of drug-likeness (QED) is 0.573. The standard InChI is InChI=1S/C19H19ClN2O4S2/c1-11(16(23)21-9-5-4-8-14(21)18(25)26)22-17(24)15(28-19(22)27)10-12-6-2-3-7-13(12)20/h2-3,6-7,10-11,14H,4-5,8-9H2,1H3,(H,25,26)/b15-10-/t11-,14-/m1/s1. The molecule has 2 aliphatic heterocycles. The maximum atomic E-state index is 13.0. The first kappa shape index (κ1) is 20.8. The molecule has 0 spiro atoms. The lowest BCUT2D eigenvalue weighted by molar-refractivity contribution is -0.154. The number of rotatable bonds is 4. The van der Waals surface area contributed by atoms with Gasteiger partial charge in [-0.05, 0) is 43.9 Å². The number of benzene rings is 1. The van der Waals surface area contributed by atoms with E-state index >= 15 is 0 Å². The topological polar surface area (TPSA) is 77.9 Å². The third-order valence-electron chi connectivity index (χ3n) is 4.83. The Balaban J connectivity index is 1.82. The molecule has 0 unspecified atom stereocenters. The average Bonchev–Trinajstić information content (AvgIpc) is 2.95. The van der Waals surface area contributed by atoms with E-state index in [0.717, 1.165) is 24.6 Å². The Labute approximate surface area is 177 Å². The lowest BCUT2D eigenvalue weighted by atomic mass is 10.0. The second-order valence-corrected chi connectivity index (χ2v) is 8.71. The van der Waals surface area contributed by atoms with Crippen molar-refractivity contribution in [1.82, 2.24) is 9.80 Å². The number of carboxylic acids is 1. The number of thiocarbonyl (C=S) groups is 1. The van der Waals surface area contributed by atoms with Crippen LogP contribution in [-0.2, 0) is 14.4 Å². The highest BCUT2D eigenvalue weighted by molar-refractivity contribution is 8.26. The van der Waals surface area contributed by atoms with Crippen LogP contribution in [0.1, 0.15) is 31.7 Å². The highest BCUT2D eigenvalue weighted by Gasteiger charge is 2.42. The van der Waals surface area contributed by atoms with Crippen molar-refractivity contribution in [3.8, 4) is 0 Å². The van der Waals surface area contributed by atoms with E-state index in [1.54, 1.807) is 31.2 Å². The van der Waals surface area contributed by atoms with Gasteiger partial charge in [-0.3, -0.25) is 14.5 Å². The molecule has 2 fully saturated rings. The first-order chi connectivity index (χ1) is 13.3. The Hall–Kier alpha value is -1.90. The van der Waals surface area contributed by atoms with Gasteiger partial charge in [0.05, 0.1) is 4.91 Å². The summed E-state index contributed by atoms with van der Waals surface area (Å²) >= 11 is 12.6. The van der Waals surface area contributed by atoms with Crippen molar-refractivity contribution in [2.24, 2.45) is 0 Å². The van der Waals surface area contributed by atoms with Crippen LogP contribution < -0.4 is 0 Å². The molecule has 0 saturated carbocycles. The van der Waals surface area contributed by atoms with Crippen molar-refractivity contribution in [2.45, 2.75) is 38.3 Å². The van der Waals surface area contributed by atoms with E-state index in [1.165, 1.54) is 9.80 Å². The normalized spacial score (nSPS) is 22.6. The summed E-state index contributed by atoms with van der Waals surface area (Å²) in [6, 6.07) is 5.39. The number of halogens is 1. The van der Waals surface area contributed by atoms with Crippen LogP contribution in [-0.4, -0.2) is 55.6 Å². The van der Waals surface area contributed by atoms with E-state index < -0.39 is 24.0 Å². The third kappa shape index (κ3) is 4.09. The fourth-order valence-electron chi connectivity index (χ4n) is 3.35. The van der Waals surface area contributed by atoms with E-state index in [0.29, 0.717) is 28.5 Å². The molecule has 2 heterocycles. The molecule has 0 aromatic heterocycles. The minimum absolute atomic E-state index is 0.271. The number of thioether (sulfide) groups is 1. The van der Waals surface area contributed by atoms with Crippen LogP contribution >= 0.6 is 35.6 Å². The fraction of sp³-hybridized carbons (Fsp3) is 0.368. The molecule has 148 valence electrons. The predicted molar refractivity (Wildman–Crippen MR) is 113 cm³/mol. The van der Waals surface area contributed by atoms with Crippen molar-refractivity contribution in [1.29, 1.82) is 0 Å². The molecule has 3 rings (SSSR count). The number of hydrogen-bond donors (Lipinski definition) is 1. The first-order valence-electron chi connectivity index (χ1n) is 8.86. The maximum absolute atomic E-state index is 13.0. The largest absolute Gasteiger partial charge is 0.480 e. The van der Waals surface area contributed by atoms with Crippen molar-refractivity contribution in [3.05, 3.63) is 39.8 Å². The molecular weight excluding hydrogens is 420 g/mol. The molecule has 0 aliphatic carbocycles. The molecule has 2 atom stereocenters. The Kier molecular flexibility index (Phi) is 6.42. The number of carbonyl (C=O) groups excluding carboxylic acids is 2. The summed E-state index contributed by atoms with van der Waals surface area (Å²) in [6.45, 7) is 1.95. The molecule has 9 heteroatoms. The summed E-state index contributed by atoms with van der Waals surface area (Å²) in [4.78, 5) is 40.4. The monoisotopic (exact) mass is 438 g/mol. The number of likely N-dealkylation sites (tertiary alicyclic amines) is 1. The van der Waals surface area contributed by atoms with E-state index in [2.05, 4.69) is 0 Å². The average molecular weight is 439 g/mol. The number of piperidine rings is 1. The van der Waals surface area contributed by atoms with Gasteiger partial charge in [-0.25, -0.2) is 4.79 Å². The lowest BCUT2D eigenvalue weighted by Crippen LogP contribution is -2.55. The van der Waals surface area contributed by atoms with Gasteiger partial charge < -0.3 is 10.0 Å². The summed E-state index contributed by atoms with van der Waals surface area (Å²) in [5.41, 5.74) is 0.686. The molecule has 6 nitrogen and oxygen atoms in total. The SMILES string of the molecule is C[C@H](C(=O)N1CCCC[C@@H]1C(=O)O)N1C(=O)/C(=C/c2ccccc2Cl)SC1=S. The summed E-state index contributed by atoms with van der Waals surface area (Å²) in [6.07, 6.45) is 3.57. The first-order valence-corrected chi connectivity index (χ1v) is 10.5. The third-order valence-corrected chi connectivity index (χ3v) is 6.51. The molecule has 1 N–H and O–H groups in total. The summed E-state index contributed by atoms with van der Waals surface area (Å²) < 4.78 is 0.271. The molecule has 1 aromatic rings. The molecular formula is C19H19ClN2O4S2. The van der Waals surface area contributed by atoms with E-state index in [9.17, 15) is 19.5 Å². The van der Waals surface area contributed by atoms with Crippen LogP contribution in [0.2, 0.25) is 5.02 Å². The van der Waals surface area contributed by atoms with Crippen molar-refractivity contribution < 1.29 is 19.5 Å². The smallest absolute Gasteiger partial charge is 0.326 e. The number of nitrogens with zero attached hydrogens (tertiary/aromatic N) is 2. The van der Waals surface area contributed by atoms with Crippen LogP contribution in [0.15, 0.2) is 29.2 Å². The van der Waals surface area contributed by atoms with Gasteiger partial charge in [0.15, 0.2) is 0 Å². The predicted octanol–water partition coefficient (Wildman–Crippen LogP) is 3.40. The molecule has 0 bridgehead atoms. The Morgan fingerprint density at radius 3 is 2.75 bits per heavy atom. The summed E-state index contributed by atoms with van der Waals surface area (Å²) in [5.74, 6) is -1.80. The van der Waals surface area contributed by atoms with Gasteiger partial charge in [0.1, 0.15) is 16.4 Å². The fourth-order valence-corrected chi connectivity index (χ4v) is 4.95. The van der Waals surface area contributed by atoms with E-state index in [1.807, 2.05) is 6.07 Å². The van der Waals surface area contributed by atoms with Gasteiger partial charge in [-0.1, -0.05) is 53.8 Å². The second-order valence-electron chi connectivity index (χ2n) is 6.63. The molecule has 2 aliphatic rings. The van der Waals surface area contributed by atoms with Gasteiger partial charge in [0.25, 0.3) is 5.91 Å². The van der Waals surface area contributed by atoms with Crippen LogP contribution in [0, 0.1) is 0 Å². The van der Waals surface area contributed by atoms with Crippen molar-refractivity contribution in [2.75, 3.05) is 6.54 Å². The van der Waals surface area contributed by atoms with E-state index in [-0.39, 0.29) is 10.2 Å². The van der Waals surface area contributed by atoms with Crippen LogP contribution in [0.25, 0.3) is 6.08 Å². The number of hydrogen-bond acceptors (Lipinski definition) is 5. The van der Waals surface area contributed by atoms with Crippen LogP contribution in [0.5, 0.6) is 0 Å². The molecule has 0 radical (unpaired) electrons. The highest BCUT2D eigenvalue weighted by Crippen LogP contribution is 2.35. The second kappa shape index (κ2) is 8.63. The zero-order chi connectivity index (χ0) is 20.4. The van der Waals surface area contributed by atoms with Crippen molar-refractivity contribution in [3.63, 3.8) is 0 Å². The Morgan fingerprint density at radius 1 is 1.36 bits per heavy atom. The van der Waals surface area contributed by atoms with Crippen LogP contribution in [0.3, 0.4) is 0 Å². The zero-order valence-corrected chi connectivity index (χ0v) is 17.5. The number of carbonyl (C=O) groups is 3. The van der Waals surface area contributed by atoms with Gasteiger partial charge in [-0.2, -0.15) is 0 Å². The zero-order valence-electron chi connectivity index (χ0n) is 15.1. The highest BCUT2D eigenvalue weighted by atomic mass is 35.5. The molecule has 1 aromatic carbocycles. The van der Waals surface area contributed by atoms with E-state index in [4.69, 9.17) is 23.8 Å².